The number of halogens is 3. The lowest BCUT2D eigenvalue weighted by atomic mass is 10.4. The lowest BCUT2D eigenvalue weighted by Gasteiger charge is -2.12. The number of imidazole rings is 1. The van der Waals surface area contributed by atoms with Crippen LogP contribution < -0.4 is 5.32 Å². The Hall–Kier alpha value is -2.12. The lowest BCUT2D eigenvalue weighted by molar-refractivity contribution is -0.144. The van der Waals surface area contributed by atoms with Crippen molar-refractivity contribution in [3.63, 3.8) is 0 Å². The van der Waals surface area contributed by atoms with Crippen LogP contribution in [0.3, 0.4) is 0 Å². The van der Waals surface area contributed by atoms with Gasteiger partial charge in [-0.25, -0.2) is 15.0 Å². The highest BCUT2D eigenvalue weighted by atomic mass is 19.4. The molecule has 8 heteroatoms. The maximum Gasteiger partial charge on any atom is 0.451 e. The van der Waals surface area contributed by atoms with Gasteiger partial charge in [-0.2, -0.15) is 13.2 Å². The number of hydrogen-bond donors (Lipinski definition) is 1. The van der Waals surface area contributed by atoms with Crippen LogP contribution in [0.2, 0.25) is 0 Å². The Bertz CT molecular complexity index is 606. The molecule has 21 heavy (non-hydrogen) atoms. The van der Waals surface area contributed by atoms with Crippen molar-refractivity contribution in [1.29, 1.82) is 0 Å². The normalized spacial score (nSPS) is 11.7. The summed E-state index contributed by atoms with van der Waals surface area (Å²) in [4.78, 5) is 11.2. The van der Waals surface area contributed by atoms with Crippen LogP contribution in [0.5, 0.6) is 0 Å². The van der Waals surface area contributed by atoms with Gasteiger partial charge in [-0.15, -0.1) is 0 Å². The maximum absolute atomic E-state index is 12.9. The molecule has 0 amide bonds. The summed E-state index contributed by atoms with van der Waals surface area (Å²) >= 11 is 0. The summed E-state index contributed by atoms with van der Waals surface area (Å²) in [6.07, 6.45) is -0.0913. The topological polar surface area (TPSA) is 55.6 Å². The molecule has 0 aliphatic rings. The number of hydrogen-bond acceptors (Lipinski definition) is 4. The molecule has 0 saturated carbocycles. The lowest BCUT2D eigenvalue weighted by Crippen LogP contribution is -2.16. The minimum atomic E-state index is -4.59. The van der Waals surface area contributed by atoms with Crippen molar-refractivity contribution in [2.75, 3.05) is 11.9 Å². The third-order valence-electron chi connectivity index (χ3n) is 2.80. The number of aromatic nitrogens is 4. The van der Waals surface area contributed by atoms with Gasteiger partial charge in [-0.1, -0.05) is 13.8 Å². The molecule has 0 radical (unpaired) electrons. The molecule has 114 valence electrons. The molecule has 2 heterocycles. The summed E-state index contributed by atoms with van der Waals surface area (Å²) in [5.41, 5.74) is 0. The van der Waals surface area contributed by atoms with Gasteiger partial charge in [-0.05, 0) is 6.42 Å². The van der Waals surface area contributed by atoms with Crippen molar-refractivity contribution >= 4 is 5.82 Å². The van der Waals surface area contributed by atoms with Crippen molar-refractivity contribution in [2.24, 2.45) is 0 Å². The average Bonchev–Trinajstić information content (AvgIpc) is 2.92. The van der Waals surface area contributed by atoms with Crippen LogP contribution in [0, 0.1) is 0 Å². The van der Waals surface area contributed by atoms with Crippen LogP contribution in [0.15, 0.2) is 18.5 Å². The molecule has 5 nitrogen and oxygen atoms in total. The number of aryl methyl sites for hydroxylation is 1. The highest BCUT2D eigenvalue weighted by Gasteiger charge is 2.35. The van der Waals surface area contributed by atoms with Crippen LogP contribution in [0.4, 0.5) is 19.0 Å². The molecule has 0 fully saturated rings. The van der Waals surface area contributed by atoms with Gasteiger partial charge in [-0.3, -0.25) is 4.57 Å². The molecular weight excluding hydrogens is 283 g/mol. The second-order valence-corrected chi connectivity index (χ2v) is 4.43. The molecule has 0 aromatic carbocycles. The van der Waals surface area contributed by atoms with E-state index in [0.29, 0.717) is 18.8 Å². The van der Waals surface area contributed by atoms with Gasteiger partial charge in [0, 0.05) is 31.4 Å². The van der Waals surface area contributed by atoms with E-state index < -0.39 is 12.0 Å². The largest absolute Gasteiger partial charge is 0.451 e. The monoisotopic (exact) mass is 299 g/mol. The fourth-order valence-corrected chi connectivity index (χ4v) is 1.83. The van der Waals surface area contributed by atoms with Crippen molar-refractivity contribution in [3.8, 4) is 5.82 Å². The van der Waals surface area contributed by atoms with Gasteiger partial charge >= 0.3 is 6.18 Å². The maximum atomic E-state index is 12.9. The highest BCUT2D eigenvalue weighted by molar-refractivity contribution is 5.42. The zero-order valence-electron chi connectivity index (χ0n) is 11.8. The molecule has 0 unspecified atom stereocenters. The van der Waals surface area contributed by atoms with Crippen molar-refractivity contribution in [2.45, 2.75) is 32.9 Å². The first-order valence-corrected chi connectivity index (χ1v) is 6.68. The van der Waals surface area contributed by atoms with Crippen LogP contribution in [0.1, 0.15) is 31.9 Å². The van der Waals surface area contributed by atoms with E-state index in [1.165, 1.54) is 16.8 Å². The summed E-state index contributed by atoms with van der Waals surface area (Å²) < 4.78 is 40.3. The highest BCUT2D eigenvalue weighted by Crippen LogP contribution is 2.28. The number of nitrogens with zero attached hydrogens (tertiary/aromatic N) is 4. The Morgan fingerprint density at radius 3 is 2.62 bits per heavy atom. The second-order valence-electron chi connectivity index (χ2n) is 4.43. The molecule has 1 N–H and O–H groups in total. The molecule has 2 aromatic heterocycles. The standard InChI is InChI=1S/C13H16F3N5/c1-3-5-17-9-8-11(20-12(19-9)13(14,15)16)21-7-6-18-10(21)4-2/h6-8H,3-5H2,1-2H3,(H,17,19,20). The second kappa shape index (κ2) is 6.11. The van der Waals surface area contributed by atoms with E-state index in [1.54, 1.807) is 6.20 Å². The third-order valence-corrected chi connectivity index (χ3v) is 2.80. The average molecular weight is 299 g/mol. The fourth-order valence-electron chi connectivity index (χ4n) is 1.83. The Labute approximate surface area is 120 Å². The molecule has 0 aliphatic carbocycles. The van der Waals surface area contributed by atoms with Crippen LogP contribution in [0.25, 0.3) is 5.82 Å². The molecule has 0 atom stereocenters. The van der Waals surface area contributed by atoms with Gasteiger partial charge < -0.3 is 5.32 Å². The first-order valence-electron chi connectivity index (χ1n) is 6.68. The zero-order chi connectivity index (χ0) is 15.5. The van der Waals surface area contributed by atoms with Crippen LogP contribution >= 0.6 is 0 Å². The number of alkyl halides is 3. The summed E-state index contributed by atoms with van der Waals surface area (Å²) in [5.74, 6) is -0.201. The minimum Gasteiger partial charge on any atom is -0.370 e. The first kappa shape index (κ1) is 15.3. The fraction of sp³-hybridized carbons (Fsp3) is 0.462. The van der Waals surface area contributed by atoms with Gasteiger partial charge in [0.15, 0.2) is 0 Å². The SMILES string of the molecule is CCCNc1cc(-n2ccnc2CC)nc(C(F)(F)F)n1. The molecule has 0 saturated heterocycles. The summed E-state index contributed by atoms with van der Waals surface area (Å²) in [5, 5.41) is 2.86. The minimum absolute atomic E-state index is 0.157. The van der Waals surface area contributed by atoms with E-state index in [4.69, 9.17) is 0 Å². The van der Waals surface area contributed by atoms with E-state index >= 15 is 0 Å². The predicted molar refractivity (Wildman–Crippen MR) is 72.3 cm³/mol. The Morgan fingerprint density at radius 2 is 2.00 bits per heavy atom. The van der Waals surface area contributed by atoms with Crippen molar-refractivity contribution < 1.29 is 13.2 Å². The van der Waals surface area contributed by atoms with Gasteiger partial charge in [0.05, 0.1) is 0 Å². The number of nitrogens with one attached hydrogen (secondary N) is 1. The molecule has 2 rings (SSSR count). The van der Waals surface area contributed by atoms with Gasteiger partial charge in [0.25, 0.3) is 0 Å². The van der Waals surface area contributed by atoms with E-state index in [2.05, 4.69) is 20.3 Å². The summed E-state index contributed by atoms with van der Waals surface area (Å²) in [6, 6.07) is 1.49. The molecule has 0 spiro atoms. The quantitative estimate of drug-likeness (QED) is 0.922. The zero-order valence-corrected chi connectivity index (χ0v) is 11.8. The number of anilines is 1. The Kier molecular flexibility index (Phi) is 4.44. The number of rotatable bonds is 5. The molecule has 2 aromatic rings. The molecular formula is C13H16F3N5. The van der Waals surface area contributed by atoms with Crippen LogP contribution in [-0.4, -0.2) is 26.1 Å². The summed E-state index contributed by atoms with van der Waals surface area (Å²) in [6.45, 7) is 4.34. The van der Waals surface area contributed by atoms with E-state index in [-0.39, 0.29) is 11.6 Å². The first-order chi connectivity index (χ1) is 9.95. The van der Waals surface area contributed by atoms with E-state index in [9.17, 15) is 13.2 Å². The van der Waals surface area contributed by atoms with Gasteiger partial charge in [0.1, 0.15) is 17.5 Å². The predicted octanol–water partition coefficient (Wildman–Crippen LogP) is 3.07. The van der Waals surface area contributed by atoms with Gasteiger partial charge in [0.2, 0.25) is 5.82 Å². The third kappa shape index (κ3) is 3.50. The van der Waals surface area contributed by atoms with E-state index in [1.807, 2.05) is 13.8 Å². The molecule has 0 bridgehead atoms. The Balaban J connectivity index is 2.49. The van der Waals surface area contributed by atoms with Crippen LogP contribution in [-0.2, 0) is 12.6 Å². The van der Waals surface area contributed by atoms with Crippen molar-refractivity contribution in [1.82, 2.24) is 19.5 Å². The summed E-state index contributed by atoms with van der Waals surface area (Å²) in [7, 11) is 0. The smallest absolute Gasteiger partial charge is 0.370 e. The van der Waals surface area contributed by atoms with Crippen molar-refractivity contribution in [3.05, 3.63) is 30.1 Å². The molecule has 0 aliphatic heterocycles. The van der Waals surface area contributed by atoms with E-state index in [0.717, 1.165) is 6.42 Å². The Morgan fingerprint density at radius 1 is 1.24 bits per heavy atom.